The van der Waals surface area contributed by atoms with Gasteiger partial charge < -0.3 is 4.74 Å². The summed E-state index contributed by atoms with van der Waals surface area (Å²) in [4.78, 5) is -0.173. The van der Waals surface area contributed by atoms with E-state index >= 15 is 0 Å². The van der Waals surface area contributed by atoms with Crippen molar-refractivity contribution >= 4 is 38.9 Å². The van der Waals surface area contributed by atoms with Crippen LogP contribution in [-0.2, 0) is 10.0 Å². The topological polar surface area (TPSA) is 55.4 Å². The van der Waals surface area contributed by atoms with Crippen LogP contribution in [-0.4, -0.2) is 15.5 Å². The fraction of sp³-hybridized carbons (Fsp3) is 0.0769. The smallest absolute Gasteiger partial charge is 0.261 e. The summed E-state index contributed by atoms with van der Waals surface area (Å²) in [6.45, 7) is 0. The average molecular weight is 350 g/mol. The molecule has 0 fully saturated rings. The van der Waals surface area contributed by atoms with Gasteiger partial charge >= 0.3 is 0 Å². The molecule has 0 saturated heterocycles. The van der Waals surface area contributed by atoms with Gasteiger partial charge in [-0.2, -0.15) is 0 Å². The first-order valence-corrected chi connectivity index (χ1v) is 7.89. The van der Waals surface area contributed by atoms with Crippen molar-refractivity contribution in [3.05, 3.63) is 52.3 Å². The molecule has 112 valence electrons. The zero-order chi connectivity index (χ0) is 15.6. The number of benzene rings is 2. The number of hydrogen-bond acceptors (Lipinski definition) is 3. The van der Waals surface area contributed by atoms with Crippen molar-refractivity contribution in [2.24, 2.45) is 0 Å². The average Bonchev–Trinajstić information content (AvgIpc) is 2.44. The Balaban J connectivity index is 2.39. The predicted octanol–water partition coefficient (Wildman–Crippen LogP) is 3.94. The van der Waals surface area contributed by atoms with Crippen molar-refractivity contribution in [2.45, 2.75) is 4.90 Å². The van der Waals surface area contributed by atoms with Crippen molar-refractivity contribution in [3.63, 3.8) is 0 Å². The van der Waals surface area contributed by atoms with Gasteiger partial charge in [-0.25, -0.2) is 12.8 Å². The van der Waals surface area contributed by atoms with Gasteiger partial charge in [0.1, 0.15) is 11.6 Å². The summed E-state index contributed by atoms with van der Waals surface area (Å²) >= 11 is 11.5. The molecule has 0 aromatic heterocycles. The van der Waals surface area contributed by atoms with Gasteiger partial charge in [0.15, 0.2) is 0 Å². The number of anilines is 1. The molecule has 0 heterocycles. The number of methoxy groups -OCH3 is 1. The molecule has 1 N–H and O–H groups in total. The molecule has 8 heteroatoms. The summed E-state index contributed by atoms with van der Waals surface area (Å²) in [6.07, 6.45) is 0. The van der Waals surface area contributed by atoms with Crippen LogP contribution in [0.4, 0.5) is 10.1 Å². The molecule has 0 spiro atoms. The molecule has 0 aliphatic heterocycles. The minimum absolute atomic E-state index is 0.150. The fourth-order valence-corrected chi connectivity index (χ4v) is 3.12. The maximum absolute atomic E-state index is 13.1. The molecule has 21 heavy (non-hydrogen) atoms. The second-order valence-corrected chi connectivity index (χ2v) is 6.52. The third-order valence-electron chi connectivity index (χ3n) is 2.62. The van der Waals surface area contributed by atoms with Crippen molar-refractivity contribution in [3.8, 4) is 5.75 Å². The molecule has 0 bridgehead atoms. The Labute approximate surface area is 131 Å². The van der Waals surface area contributed by atoms with E-state index in [0.717, 1.165) is 18.2 Å². The quantitative estimate of drug-likeness (QED) is 0.909. The first kappa shape index (κ1) is 15.9. The van der Waals surface area contributed by atoms with Crippen LogP contribution in [0, 0.1) is 5.82 Å². The lowest BCUT2D eigenvalue weighted by molar-refractivity contribution is 0.415. The Morgan fingerprint density at radius 1 is 1.10 bits per heavy atom. The van der Waals surface area contributed by atoms with E-state index in [1.807, 2.05) is 0 Å². The second-order valence-electron chi connectivity index (χ2n) is 4.03. The van der Waals surface area contributed by atoms with Crippen LogP contribution in [0.3, 0.4) is 0 Å². The normalized spacial score (nSPS) is 11.2. The molecule has 0 saturated carbocycles. The van der Waals surface area contributed by atoms with E-state index in [9.17, 15) is 12.8 Å². The molecular weight excluding hydrogens is 340 g/mol. The van der Waals surface area contributed by atoms with Gasteiger partial charge in [-0.3, -0.25) is 4.72 Å². The standard InChI is InChI=1S/C13H10Cl2FNO3S/c1-20-8-2-4-10(14)13(6-8)17-21(18,19)9-3-5-12(16)11(15)7-9/h2-7,17H,1H3. The lowest BCUT2D eigenvalue weighted by atomic mass is 10.3. The molecular formula is C13H10Cl2FNO3S. The molecule has 2 aromatic rings. The lowest BCUT2D eigenvalue weighted by Gasteiger charge is -2.11. The largest absolute Gasteiger partial charge is 0.497 e. The van der Waals surface area contributed by atoms with Crippen molar-refractivity contribution < 1.29 is 17.5 Å². The highest BCUT2D eigenvalue weighted by atomic mass is 35.5. The molecule has 0 amide bonds. The van der Waals surface area contributed by atoms with Crippen LogP contribution < -0.4 is 9.46 Å². The van der Waals surface area contributed by atoms with Crippen molar-refractivity contribution in [1.82, 2.24) is 0 Å². The summed E-state index contributed by atoms with van der Waals surface area (Å²) in [5.74, 6) is -0.260. The molecule has 2 rings (SSSR count). The summed E-state index contributed by atoms with van der Waals surface area (Å²) in [5.41, 5.74) is 0.150. The fourth-order valence-electron chi connectivity index (χ4n) is 1.56. The maximum atomic E-state index is 13.1. The predicted molar refractivity (Wildman–Crippen MR) is 80.2 cm³/mol. The van der Waals surface area contributed by atoms with Crippen LogP contribution in [0.5, 0.6) is 5.75 Å². The van der Waals surface area contributed by atoms with E-state index in [4.69, 9.17) is 27.9 Å². The highest BCUT2D eigenvalue weighted by Crippen LogP contribution is 2.29. The van der Waals surface area contributed by atoms with Gasteiger partial charge in [0.25, 0.3) is 10.0 Å². The van der Waals surface area contributed by atoms with E-state index < -0.39 is 15.8 Å². The number of nitrogens with one attached hydrogen (secondary N) is 1. The maximum Gasteiger partial charge on any atom is 0.261 e. The Hall–Kier alpha value is -1.50. The SMILES string of the molecule is COc1ccc(Cl)c(NS(=O)(=O)c2ccc(F)c(Cl)c2)c1. The number of ether oxygens (including phenoxy) is 1. The van der Waals surface area contributed by atoms with Gasteiger partial charge in [0.2, 0.25) is 0 Å². The lowest BCUT2D eigenvalue weighted by Crippen LogP contribution is -2.13. The second kappa shape index (κ2) is 6.09. The van der Waals surface area contributed by atoms with Gasteiger partial charge in [-0.15, -0.1) is 0 Å². The van der Waals surface area contributed by atoms with E-state index in [1.54, 1.807) is 6.07 Å². The summed E-state index contributed by atoms with van der Waals surface area (Å²) in [6, 6.07) is 7.63. The Bertz CT molecular complexity index is 781. The monoisotopic (exact) mass is 349 g/mol. The third kappa shape index (κ3) is 3.58. The summed E-state index contributed by atoms with van der Waals surface area (Å²) < 4.78 is 44.8. The summed E-state index contributed by atoms with van der Waals surface area (Å²) in [5, 5.41) is -0.0813. The van der Waals surface area contributed by atoms with Crippen LogP contribution in [0.15, 0.2) is 41.3 Å². The third-order valence-corrected chi connectivity index (χ3v) is 4.60. The first-order valence-electron chi connectivity index (χ1n) is 5.65. The molecule has 4 nitrogen and oxygen atoms in total. The van der Waals surface area contributed by atoms with Gasteiger partial charge in [0.05, 0.1) is 27.7 Å². The Kier molecular flexibility index (Phi) is 4.61. The molecule has 0 aliphatic rings. The molecule has 0 aliphatic carbocycles. The van der Waals surface area contributed by atoms with Crippen LogP contribution >= 0.6 is 23.2 Å². The Morgan fingerprint density at radius 3 is 2.43 bits per heavy atom. The van der Waals surface area contributed by atoms with Crippen LogP contribution in [0.1, 0.15) is 0 Å². The molecule has 0 atom stereocenters. The van der Waals surface area contributed by atoms with Crippen LogP contribution in [0.25, 0.3) is 0 Å². The zero-order valence-electron chi connectivity index (χ0n) is 10.7. The molecule has 0 unspecified atom stereocenters. The van der Waals surface area contributed by atoms with Gasteiger partial charge in [-0.05, 0) is 30.3 Å². The summed E-state index contributed by atoms with van der Waals surface area (Å²) in [7, 11) is -2.50. The number of rotatable bonds is 4. The van der Waals surface area contributed by atoms with E-state index in [-0.39, 0.29) is 20.6 Å². The highest BCUT2D eigenvalue weighted by Gasteiger charge is 2.17. The number of sulfonamides is 1. The van der Waals surface area contributed by atoms with Crippen molar-refractivity contribution in [2.75, 3.05) is 11.8 Å². The van der Waals surface area contributed by atoms with Crippen molar-refractivity contribution in [1.29, 1.82) is 0 Å². The van der Waals surface area contributed by atoms with E-state index in [1.165, 1.54) is 19.2 Å². The van der Waals surface area contributed by atoms with Gasteiger partial charge in [0, 0.05) is 6.07 Å². The minimum Gasteiger partial charge on any atom is -0.497 e. The van der Waals surface area contributed by atoms with E-state index in [0.29, 0.717) is 5.75 Å². The first-order chi connectivity index (χ1) is 9.83. The number of halogens is 3. The highest BCUT2D eigenvalue weighted by molar-refractivity contribution is 7.92. The zero-order valence-corrected chi connectivity index (χ0v) is 13.1. The Morgan fingerprint density at radius 2 is 1.81 bits per heavy atom. The minimum atomic E-state index is -3.94. The van der Waals surface area contributed by atoms with E-state index in [2.05, 4.69) is 4.72 Å². The molecule has 2 aromatic carbocycles. The van der Waals surface area contributed by atoms with Crippen LogP contribution in [0.2, 0.25) is 10.0 Å². The molecule has 0 radical (unpaired) electrons. The number of hydrogen-bond donors (Lipinski definition) is 1. The van der Waals surface area contributed by atoms with Gasteiger partial charge in [-0.1, -0.05) is 23.2 Å².